The molecule has 0 saturated heterocycles. The van der Waals surface area contributed by atoms with Gasteiger partial charge < -0.3 is 9.53 Å². The first-order valence-corrected chi connectivity index (χ1v) is 18.2. The lowest BCUT2D eigenvalue weighted by atomic mass is 9.50. The van der Waals surface area contributed by atoms with Crippen LogP contribution in [0.25, 0.3) is 0 Å². The fraction of sp³-hybridized carbons (Fsp3) is 0.879. The normalized spacial score (nSPS) is 38.0. The van der Waals surface area contributed by atoms with Crippen molar-refractivity contribution in [2.45, 2.75) is 149 Å². The molecule has 0 aromatic heterocycles. The Kier molecular flexibility index (Phi) is 7.68. The number of hydrogen-bond acceptors (Lipinski definition) is 2. The molecule has 2 nitrogen and oxygen atoms in total. The molecule has 36 heavy (non-hydrogen) atoms. The second-order valence-electron chi connectivity index (χ2n) is 16.0. The minimum atomic E-state index is -1.73. The highest BCUT2D eigenvalue weighted by molar-refractivity contribution is 6.74. The Morgan fingerprint density at radius 2 is 1.69 bits per heavy atom. The molecule has 0 heterocycles. The molecule has 0 aromatic rings. The third kappa shape index (κ3) is 5.24. The molecule has 206 valence electrons. The molecule has 0 aromatic carbocycles. The number of allylic oxidation sites excluding steroid dienone is 3. The van der Waals surface area contributed by atoms with E-state index in [-0.39, 0.29) is 5.04 Å². The van der Waals surface area contributed by atoms with Gasteiger partial charge in [0.15, 0.2) is 8.32 Å². The fourth-order valence-electron chi connectivity index (χ4n) is 8.70. The van der Waals surface area contributed by atoms with Gasteiger partial charge >= 0.3 is 0 Å². The van der Waals surface area contributed by atoms with E-state index in [1.165, 1.54) is 44.9 Å². The first-order chi connectivity index (χ1) is 16.5. The Balaban J connectivity index is 1.48. The van der Waals surface area contributed by atoms with Crippen molar-refractivity contribution in [3.05, 3.63) is 23.3 Å². The molecule has 1 N–H and O–H groups in total. The lowest BCUT2D eigenvalue weighted by Crippen LogP contribution is -2.49. The molecule has 3 saturated carbocycles. The van der Waals surface area contributed by atoms with Gasteiger partial charge in [0.25, 0.3) is 0 Å². The highest BCUT2D eigenvalue weighted by Gasteiger charge is 2.57. The predicted molar refractivity (Wildman–Crippen MR) is 157 cm³/mol. The van der Waals surface area contributed by atoms with E-state index in [0.29, 0.717) is 16.9 Å². The van der Waals surface area contributed by atoms with Crippen LogP contribution in [-0.2, 0) is 4.43 Å². The summed E-state index contributed by atoms with van der Waals surface area (Å²) in [7, 11) is -1.73. The standard InChI is InChI=1S/C33H58O2Si/c1-23(12-11-19-31(5,6)34)27-15-16-28-26-14-13-24-22-25(35-36(9,10)30(2,3)4)17-20-32(24,7)29(26)18-21-33(27,28)8/h13-14,23,25,27-29,34H,11-12,15-22H2,1-10H3/t23-,25+,27?,28?,29?,32+,33-/m1/s1. The third-order valence-electron chi connectivity index (χ3n) is 12.0. The van der Waals surface area contributed by atoms with Crippen LogP contribution < -0.4 is 0 Å². The molecule has 4 aliphatic carbocycles. The molecule has 0 bridgehead atoms. The summed E-state index contributed by atoms with van der Waals surface area (Å²) in [5.41, 5.74) is 3.77. The Morgan fingerprint density at radius 1 is 1.00 bits per heavy atom. The molecule has 4 aliphatic rings. The Hall–Kier alpha value is -0.383. The lowest BCUT2D eigenvalue weighted by Gasteiger charge is -2.56. The predicted octanol–water partition coefficient (Wildman–Crippen LogP) is 9.45. The topological polar surface area (TPSA) is 29.5 Å². The summed E-state index contributed by atoms with van der Waals surface area (Å²) in [5, 5.41) is 10.4. The monoisotopic (exact) mass is 514 g/mol. The number of hydrogen-bond donors (Lipinski definition) is 1. The Morgan fingerprint density at radius 3 is 2.33 bits per heavy atom. The van der Waals surface area contributed by atoms with Crippen molar-refractivity contribution >= 4 is 8.32 Å². The zero-order chi connectivity index (χ0) is 26.7. The van der Waals surface area contributed by atoms with Gasteiger partial charge in [-0.25, -0.2) is 0 Å². The van der Waals surface area contributed by atoms with Crippen LogP contribution in [0.3, 0.4) is 0 Å². The number of fused-ring (bicyclic) bond motifs is 5. The van der Waals surface area contributed by atoms with Gasteiger partial charge in [-0.1, -0.05) is 77.7 Å². The van der Waals surface area contributed by atoms with E-state index in [1.54, 1.807) is 5.57 Å². The molecular weight excluding hydrogens is 456 g/mol. The van der Waals surface area contributed by atoms with Crippen LogP contribution >= 0.6 is 0 Å². The molecule has 4 rings (SSSR count). The molecule has 0 aliphatic heterocycles. The van der Waals surface area contributed by atoms with Crippen molar-refractivity contribution in [2.24, 2.45) is 34.5 Å². The van der Waals surface area contributed by atoms with Crippen LogP contribution in [0.4, 0.5) is 0 Å². The van der Waals surface area contributed by atoms with Gasteiger partial charge in [-0.15, -0.1) is 0 Å². The van der Waals surface area contributed by atoms with E-state index < -0.39 is 13.9 Å². The number of rotatable bonds is 7. The SMILES string of the molecule is C[C@H](CCCC(C)(C)O)C1CCC2C3=CC=C4C[C@@H](O[Si](C)(C)C(C)(C)C)CC[C@]4(C)C3CC[C@@]21C. The molecule has 3 unspecified atom stereocenters. The second-order valence-corrected chi connectivity index (χ2v) is 20.8. The third-order valence-corrected chi connectivity index (χ3v) is 16.5. The highest BCUT2D eigenvalue weighted by atomic mass is 28.4. The van der Waals surface area contributed by atoms with Crippen LogP contribution in [0.15, 0.2) is 23.3 Å². The van der Waals surface area contributed by atoms with Crippen molar-refractivity contribution in [3.63, 3.8) is 0 Å². The maximum absolute atomic E-state index is 10.2. The van der Waals surface area contributed by atoms with Gasteiger partial charge in [0.2, 0.25) is 0 Å². The summed E-state index contributed by atoms with van der Waals surface area (Å²) in [5.74, 6) is 3.10. The van der Waals surface area contributed by atoms with Crippen LogP contribution in [-0.4, -0.2) is 25.1 Å². The van der Waals surface area contributed by atoms with E-state index in [0.717, 1.165) is 42.9 Å². The van der Waals surface area contributed by atoms with Crippen molar-refractivity contribution in [1.29, 1.82) is 0 Å². The summed E-state index contributed by atoms with van der Waals surface area (Å²) >= 11 is 0. The first-order valence-electron chi connectivity index (χ1n) is 15.3. The van der Waals surface area contributed by atoms with Gasteiger partial charge in [-0.2, -0.15) is 0 Å². The number of aliphatic hydroxyl groups is 1. The largest absolute Gasteiger partial charge is 0.414 e. The lowest BCUT2D eigenvalue weighted by molar-refractivity contribution is 0.0315. The fourth-order valence-corrected chi connectivity index (χ4v) is 10.1. The van der Waals surface area contributed by atoms with Gasteiger partial charge in [0, 0.05) is 6.10 Å². The average molecular weight is 515 g/mol. The van der Waals surface area contributed by atoms with Crippen molar-refractivity contribution < 1.29 is 9.53 Å². The zero-order valence-electron chi connectivity index (χ0n) is 25.5. The summed E-state index contributed by atoms with van der Waals surface area (Å²) < 4.78 is 6.91. The summed E-state index contributed by atoms with van der Waals surface area (Å²) in [6, 6.07) is 0. The molecule has 0 spiro atoms. The van der Waals surface area contributed by atoms with Crippen LogP contribution in [0, 0.1) is 34.5 Å². The van der Waals surface area contributed by atoms with Crippen LogP contribution in [0.5, 0.6) is 0 Å². The van der Waals surface area contributed by atoms with Gasteiger partial charge in [0.1, 0.15) is 0 Å². The smallest absolute Gasteiger partial charge is 0.192 e. The summed E-state index contributed by atoms with van der Waals surface area (Å²) in [4.78, 5) is 0. The van der Waals surface area contributed by atoms with Crippen LogP contribution in [0.2, 0.25) is 18.1 Å². The maximum atomic E-state index is 10.2. The zero-order valence-corrected chi connectivity index (χ0v) is 26.5. The van der Waals surface area contributed by atoms with E-state index in [4.69, 9.17) is 4.43 Å². The van der Waals surface area contributed by atoms with Crippen molar-refractivity contribution in [3.8, 4) is 0 Å². The molecule has 7 atom stereocenters. The molecule has 0 radical (unpaired) electrons. The summed E-state index contributed by atoms with van der Waals surface area (Å²) in [6.07, 6.45) is 18.1. The van der Waals surface area contributed by atoms with Gasteiger partial charge in [0.05, 0.1) is 5.60 Å². The van der Waals surface area contributed by atoms with Gasteiger partial charge in [-0.3, -0.25) is 0 Å². The molecular formula is C33H58O2Si. The van der Waals surface area contributed by atoms with E-state index in [2.05, 4.69) is 66.8 Å². The minimum absolute atomic E-state index is 0.278. The van der Waals surface area contributed by atoms with Crippen molar-refractivity contribution in [1.82, 2.24) is 0 Å². The second kappa shape index (κ2) is 9.67. The highest BCUT2D eigenvalue weighted by Crippen LogP contribution is 2.66. The maximum Gasteiger partial charge on any atom is 0.192 e. The molecule has 3 fully saturated rings. The quantitative estimate of drug-likeness (QED) is 0.343. The first kappa shape index (κ1) is 28.6. The van der Waals surface area contributed by atoms with Gasteiger partial charge in [-0.05, 0) is 118 Å². The van der Waals surface area contributed by atoms with E-state index in [1.807, 2.05) is 19.4 Å². The van der Waals surface area contributed by atoms with E-state index >= 15 is 0 Å². The van der Waals surface area contributed by atoms with Crippen molar-refractivity contribution in [2.75, 3.05) is 0 Å². The Bertz CT molecular complexity index is 871. The van der Waals surface area contributed by atoms with Crippen LogP contribution in [0.1, 0.15) is 120 Å². The molecule has 0 amide bonds. The average Bonchev–Trinajstić information content (AvgIpc) is 3.09. The summed E-state index contributed by atoms with van der Waals surface area (Å²) in [6.45, 7) is 23.6. The van der Waals surface area contributed by atoms with E-state index in [9.17, 15) is 5.11 Å². The minimum Gasteiger partial charge on any atom is -0.414 e. The Labute approximate surface area is 224 Å². The molecule has 3 heteroatoms.